The summed E-state index contributed by atoms with van der Waals surface area (Å²) in [6, 6.07) is 7.46. The van der Waals surface area contributed by atoms with Gasteiger partial charge in [0.15, 0.2) is 0 Å². The summed E-state index contributed by atoms with van der Waals surface area (Å²) in [7, 11) is 3.98. The normalized spacial score (nSPS) is 17.5. The minimum absolute atomic E-state index is 0.0178. The molecular weight excluding hydrogens is 340 g/mol. The second kappa shape index (κ2) is 11.0. The smallest absolute Gasteiger partial charge is 0.253 e. The van der Waals surface area contributed by atoms with Crippen molar-refractivity contribution < 1.29 is 9.59 Å². The van der Waals surface area contributed by atoms with E-state index in [2.05, 4.69) is 17.3 Å². The molecule has 2 rings (SSSR count). The summed E-state index contributed by atoms with van der Waals surface area (Å²) in [6.45, 7) is 2.73. The van der Waals surface area contributed by atoms with Crippen LogP contribution in [0.5, 0.6) is 0 Å². The number of anilines is 1. The first kappa shape index (κ1) is 21.4. The number of carbonyl (C=O) groups is 2. The van der Waals surface area contributed by atoms with E-state index in [1.165, 1.54) is 0 Å². The van der Waals surface area contributed by atoms with Crippen molar-refractivity contribution in [3.05, 3.63) is 29.8 Å². The molecule has 6 nitrogen and oxygen atoms in total. The molecule has 1 atom stereocenters. The number of likely N-dealkylation sites (N-methyl/N-ethyl adjacent to an activating group) is 2. The minimum atomic E-state index is 0.0178. The van der Waals surface area contributed by atoms with Crippen molar-refractivity contribution >= 4 is 17.5 Å². The fourth-order valence-corrected chi connectivity index (χ4v) is 3.53. The SMILES string of the molecule is CN1CCCC(N(C)C(=O)c2ccc(NC(=O)CCCCCCN)cc2)C1. The van der Waals surface area contributed by atoms with Gasteiger partial charge in [-0.2, -0.15) is 0 Å². The zero-order valence-electron chi connectivity index (χ0n) is 16.7. The number of nitrogens with two attached hydrogens (primary N) is 1. The van der Waals surface area contributed by atoms with E-state index < -0.39 is 0 Å². The number of hydrogen-bond acceptors (Lipinski definition) is 4. The lowest BCUT2D eigenvalue weighted by Gasteiger charge is -2.35. The Balaban J connectivity index is 1.81. The first-order valence-electron chi connectivity index (χ1n) is 10.1. The maximum absolute atomic E-state index is 12.7. The van der Waals surface area contributed by atoms with E-state index in [4.69, 9.17) is 5.73 Å². The van der Waals surface area contributed by atoms with Gasteiger partial charge in [0.05, 0.1) is 0 Å². The highest BCUT2D eigenvalue weighted by Gasteiger charge is 2.25. The van der Waals surface area contributed by atoms with Crippen LogP contribution in [0.15, 0.2) is 24.3 Å². The highest BCUT2D eigenvalue weighted by atomic mass is 16.2. The van der Waals surface area contributed by atoms with Gasteiger partial charge in [-0.05, 0) is 70.1 Å². The topological polar surface area (TPSA) is 78.7 Å². The quantitative estimate of drug-likeness (QED) is 0.652. The summed E-state index contributed by atoms with van der Waals surface area (Å²) in [5.74, 6) is 0.0530. The first-order valence-corrected chi connectivity index (χ1v) is 10.1. The average molecular weight is 375 g/mol. The molecule has 1 aliphatic heterocycles. The van der Waals surface area contributed by atoms with E-state index in [9.17, 15) is 9.59 Å². The highest BCUT2D eigenvalue weighted by molar-refractivity contribution is 5.95. The van der Waals surface area contributed by atoms with E-state index in [-0.39, 0.29) is 17.9 Å². The number of amides is 2. The molecule has 6 heteroatoms. The predicted octanol–water partition coefficient (Wildman–Crippen LogP) is 2.70. The predicted molar refractivity (Wildman–Crippen MR) is 110 cm³/mol. The van der Waals surface area contributed by atoms with Crippen LogP contribution in [0.1, 0.15) is 55.3 Å². The van der Waals surface area contributed by atoms with Crippen molar-refractivity contribution in [2.24, 2.45) is 5.73 Å². The van der Waals surface area contributed by atoms with Crippen LogP contribution in [0.25, 0.3) is 0 Å². The number of likely N-dealkylation sites (tertiary alicyclic amines) is 1. The maximum atomic E-state index is 12.7. The number of benzene rings is 1. The molecule has 2 amide bonds. The number of carbonyl (C=O) groups excluding carboxylic acids is 2. The molecule has 1 unspecified atom stereocenters. The van der Waals surface area contributed by atoms with Gasteiger partial charge in [-0.3, -0.25) is 9.59 Å². The summed E-state index contributed by atoms with van der Waals surface area (Å²) >= 11 is 0. The van der Waals surface area contributed by atoms with Crippen LogP contribution in [0, 0.1) is 0 Å². The van der Waals surface area contributed by atoms with Crippen molar-refractivity contribution in [2.75, 3.05) is 39.0 Å². The van der Waals surface area contributed by atoms with Crippen molar-refractivity contribution in [1.82, 2.24) is 9.80 Å². The molecule has 0 radical (unpaired) electrons. The molecule has 0 aliphatic carbocycles. The lowest BCUT2D eigenvalue weighted by Crippen LogP contribution is -2.47. The van der Waals surface area contributed by atoms with Gasteiger partial charge >= 0.3 is 0 Å². The largest absolute Gasteiger partial charge is 0.337 e. The van der Waals surface area contributed by atoms with Crippen LogP contribution in [-0.2, 0) is 4.79 Å². The van der Waals surface area contributed by atoms with Crippen molar-refractivity contribution in [3.63, 3.8) is 0 Å². The molecule has 0 aromatic heterocycles. The molecule has 0 bridgehead atoms. The van der Waals surface area contributed by atoms with Gasteiger partial charge in [-0.25, -0.2) is 0 Å². The standard InChI is InChI=1S/C21H34N4O2/c1-24-15-7-8-19(16-24)25(2)21(27)17-10-12-18(13-11-17)23-20(26)9-5-3-4-6-14-22/h10-13,19H,3-9,14-16,22H2,1-2H3,(H,23,26). The lowest BCUT2D eigenvalue weighted by molar-refractivity contribution is -0.116. The zero-order valence-corrected chi connectivity index (χ0v) is 16.7. The fourth-order valence-electron chi connectivity index (χ4n) is 3.53. The van der Waals surface area contributed by atoms with E-state index >= 15 is 0 Å². The Labute approximate surface area is 163 Å². The first-order chi connectivity index (χ1) is 13.0. The fraction of sp³-hybridized carbons (Fsp3) is 0.619. The summed E-state index contributed by atoms with van der Waals surface area (Å²) in [6.07, 6.45) is 6.68. The molecule has 150 valence electrons. The van der Waals surface area contributed by atoms with Crippen LogP contribution >= 0.6 is 0 Å². The maximum Gasteiger partial charge on any atom is 0.253 e. The molecule has 0 saturated carbocycles. The van der Waals surface area contributed by atoms with E-state index in [0.29, 0.717) is 18.5 Å². The number of nitrogens with one attached hydrogen (secondary N) is 1. The monoisotopic (exact) mass is 374 g/mol. The van der Waals surface area contributed by atoms with Gasteiger partial charge in [0.1, 0.15) is 0 Å². The Morgan fingerprint density at radius 1 is 1.19 bits per heavy atom. The number of unbranched alkanes of at least 4 members (excludes halogenated alkanes) is 3. The summed E-state index contributed by atoms with van der Waals surface area (Å²) in [5.41, 5.74) is 6.86. The van der Waals surface area contributed by atoms with E-state index in [1.807, 2.05) is 11.9 Å². The number of rotatable bonds is 9. The van der Waals surface area contributed by atoms with Crippen LogP contribution in [-0.4, -0.2) is 61.4 Å². The minimum Gasteiger partial charge on any atom is -0.337 e. The van der Waals surface area contributed by atoms with Crippen LogP contribution in [0.2, 0.25) is 0 Å². The second-order valence-electron chi connectivity index (χ2n) is 7.55. The van der Waals surface area contributed by atoms with Crippen molar-refractivity contribution in [3.8, 4) is 0 Å². The molecule has 1 saturated heterocycles. The summed E-state index contributed by atoms with van der Waals surface area (Å²) in [4.78, 5) is 28.8. The number of piperidine rings is 1. The van der Waals surface area contributed by atoms with Gasteiger partial charge in [0.2, 0.25) is 5.91 Å². The Morgan fingerprint density at radius 3 is 2.56 bits per heavy atom. The third kappa shape index (κ3) is 6.96. The van der Waals surface area contributed by atoms with Gasteiger partial charge in [0, 0.05) is 37.3 Å². The van der Waals surface area contributed by atoms with Crippen molar-refractivity contribution in [1.29, 1.82) is 0 Å². The van der Waals surface area contributed by atoms with Crippen LogP contribution < -0.4 is 11.1 Å². The summed E-state index contributed by atoms with van der Waals surface area (Å²) in [5, 5.41) is 2.90. The van der Waals surface area contributed by atoms with Gasteiger partial charge in [0.25, 0.3) is 5.91 Å². The third-order valence-electron chi connectivity index (χ3n) is 5.24. The molecule has 1 aliphatic rings. The number of hydrogen-bond donors (Lipinski definition) is 2. The third-order valence-corrected chi connectivity index (χ3v) is 5.24. The molecule has 1 fully saturated rings. The Kier molecular flexibility index (Phi) is 8.75. The van der Waals surface area contributed by atoms with Gasteiger partial charge in [-0.15, -0.1) is 0 Å². The Morgan fingerprint density at radius 2 is 1.89 bits per heavy atom. The van der Waals surface area contributed by atoms with Gasteiger partial charge in [-0.1, -0.05) is 12.8 Å². The number of nitrogens with zero attached hydrogens (tertiary/aromatic N) is 2. The molecule has 27 heavy (non-hydrogen) atoms. The van der Waals surface area contributed by atoms with Gasteiger partial charge < -0.3 is 20.9 Å². The van der Waals surface area contributed by atoms with Crippen molar-refractivity contribution in [2.45, 2.75) is 51.0 Å². The Hall–Kier alpha value is -1.92. The molecule has 1 aromatic rings. The molecular formula is C21H34N4O2. The highest BCUT2D eigenvalue weighted by Crippen LogP contribution is 2.17. The van der Waals surface area contributed by atoms with Crippen LogP contribution in [0.3, 0.4) is 0 Å². The molecule has 0 spiro atoms. The molecule has 1 heterocycles. The average Bonchev–Trinajstić information content (AvgIpc) is 2.67. The van der Waals surface area contributed by atoms with E-state index in [0.717, 1.165) is 57.3 Å². The second-order valence-corrected chi connectivity index (χ2v) is 7.55. The molecule has 3 N–H and O–H groups in total. The van der Waals surface area contributed by atoms with Crippen LogP contribution in [0.4, 0.5) is 5.69 Å². The zero-order chi connectivity index (χ0) is 19.6. The van der Waals surface area contributed by atoms with E-state index in [1.54, 1.807) is 24.3 Å². The molecule has 1 aromatic carbocycles. The lowest BCUT2D eigenvalue weighted by atomic mass is 10.0. The Bertz CT molecular complexity index is 603. The summed E-state index contributed by atoms with van der Waals surface area (Å²) < 4.78 is 0.